The first-order valence-corrected chi connectivity index (χ1v) is 12.3. The fourth-order valence-electron chi connectivity index (χ4n) is 4.16. The van der Waals surface area contributed by atoms with E-state index in [0.717, 1.165) is 11.1 Å². The first kappa shape index (κ1) is 25.2. The Morgan fingerprint density at radius 1 is 0.921 bits per heavy atom. The van der Waals surface area contributed by atoms with E-state index in [1.165, 1.54) is 0 Å². The van der Waals surface area contributed by atoms with Gasteiger partial charge in [-0.1, -0.05) is 71.7 Å². The molecule has 6 nitrogen and oxygen atoms in total. The Balaban J connectivity index is 1.39. The van der Waals surface area contributed by atoms with Crippen molar-refractivity contribution in [2.45, 2.75) is 12.5 Å². The van der Waals surface area contributed by atoms with Crippen LogP contribution in [-0.2, 0) is 6.61 Å². The number of nitrogens with zero attached hydrogens (tertiary/aromatic N) is 1. The van der Waals surface area contributed by atoms with Gasteiger partial charge in [0.15, 0.2) is 0 Å². The Bertz CT molecular complexity index is 1590. The monoisotopic (exact) mass is 542 g/mol. The molecule has 1 atom stereocenters. The SMILES string of the molecule is N#CC1=C(N)Oc2cc(OC(=O)c3ccccc3Cl)ccc2C1c1ccc(OCc2ccccc2Cl)cc1. The van der Waals surface area contributed by atoms with Crippen molar-refractivity contribution >= 4 is 29.2 Å². The fourth-order valence-corrected chi connectivity index (χ4v) is 4.57. The largest absolute Gasteiger partial charge is 0.489 e. The smallest absolute Gasteiger partial charge is 0.345 e. The van der Waals surface area contributed by atoms with Crippen molar-refractivity contribution in [1.29, 1.82) is 5.26 Å². The summed E-state index contributed by atoms with van der Waals surface area (Å²) in [6, 6.07) is 28.6. The number of esters is 1. The van der Waals surface area contributed by atoms with Crippen LogP contribution < -0.4 is 19.9 Å². The van der Waals surface area contributed by atoms with Crippen molar-refractivity contribution in [2.75, 3.05) is 0 Å². The van der Waals surface area contributed by atoms with Crippen LogP contribution >= 0.6 is 23.2 Å². The van der Waals surface area contributed by atoms with Gasteiger partial charge in [0.25, 0.3) is 0 Å². The molecule has 0 bridgehead atoms. The second-order valence-corrected chi connectivity index (χ2v) is 9.26. The van der Waals surface area contributed by atoms with Crippen molar-refractivity contribution in [2.24, 2.45) is 5.73 Å². The first-order chi connectivity index (χ1) is 18.4. The summed E-state index contributed by atoms with van der Waals surface area (Å²) >= 11 is 12.3. The number of ether oxygens (including phenoxy) is 3. The third-order valence-electron chi connectivity index (χ3n) is 6.06. The quantitative estimate of drug-likeness (QED) is 0.208. The number of carbonyl (C=O) groups is 1. The van der Waals surface area contributed by atoms with Crippen molar-refractivity contribution in [1.82, 2.24) is 0 Å². The molecule has 0 radical (unpaired) electrons. The molecule has 188 valence electrons. The molecule has 5 rings (SSSR count). The van der Waals surface area contributed by atoms with E-state index in [1.54, 1.807) is 42.5 Å². The van der Waals surface area contributed by atoms with Crippen LogP contribution in [-0.4, -0.2) is 5.97 Å². The first-order valence-electron chi connectivity index (χ1n) is 11.6. The molecule has 8 heteroatoms. The maximum Gasteiger partial charge on any atom is 0.345 e. The second kappa shape index (κ2) is 10.9. The van der Waals surface area contributed by atoms with E-state index in [-0.39, 0.29) is 27.8 Å². The molecule has 2 N–H and O–H groups in total. The van der Waals surface area contributed by atoms with E-state index in [2.05, 4.69) is 6.07 Å². The fraction of sp³-hybridized carbons (Fsp3) is 0.0667. The van der Waals surface area contributed by atoms with E-state index >= 15 is 0 Å². The molecule has 4 aromatic carbocycles. The molecule has 4 aromatic rings. The zero-order valence-electron chi connectivity index (χ0n) is 19.9. The van der Waals surface area contributed by atoms with Gasteiger partial charge >= 0.3 is 5.97 Å². The summed E-state index contributed by atoms with van der Waals surface area (Å²) in [5.74, 6) is 0.196. The highest BCUT2D eigenvalue weighted by atomic mass is 35.5. The number of allylic oxidation sites excluding steroid dienone is 1. The lowest BCUT2D eigenvalue weighted by atomic mass is 9.83. The molecule has 1 heterocycles. The molecule has 0 saturated heterocycles. The molecule has 38 heavy (non-hydrogen) atoms. The number of benzene rings is 4. The molecule has 0 fully saturated rings. The van der Waals surface area contributed by atoms with Gasteiger partial charge in [-0.2, -0.15) is 5.26 Å². The Kier molecular flexibility index (Phi) is 7.23. The standard InChI is InChI=1S/C30H20Cl2N2O4/c31-25-7-3-1-5-19(25)17-36-20-11-9-18(10-12-20)28-23-14-13-21(15-27(23)38-29(34)24(28)16-33)37-30(35)22-6-2-4-8-26(22)32/h1-15,28H,17,34H2. The van der Waals surface area contributed by atoms with Crippen molar-refractivity contribution < 1.29 is 19.0 Å². The Labute approximate surface area is 229 Å². The lowest BCUT2D eigenvalue weighted by Crippen LogP contribution is -2.21. The van der Waals surface area contributed by atoms with Gasteiger partial charge < -0.3 is 19.9 Å². The molecule has 0 spiro atoms. The summed E-state index contributed by atoms with van der Waals surface area (Å²) in [5, 5.41) is 10.8. The van der Waals surface area contributed by atoms with Gasteiger partial charge in [0, 0.05) is 22.2 Å². The third-order valence-corrected chi connectivity index (χ3v) is 6.76. The molecule has 0 aromatic heterocycles. The number of carbonyl (C=O) groups excluding carboxylic acids is 1. The van der Waals surface area contributed by atoms with Gasteiger partial charge in [0.1, 0.15) is 35.5 Å². The zero-order chi connectivity index (χ0) is 26.6. The van der Waals surface area contributed by atoms with Gasteiger partial charge in [-0.05, 0) is 42.0 Å². The molecule has 1 unspecified atom stereocenters. The molecular weight excluding hydrogens is 523 g/mol. The van der Waals surface area contributed by atoms with E-state index < -0.39 is 11.9 Å². The second-order valence-electron chi connectivity index (χ2n) is 8.44. The number of fused-ring (bicyclic) bond motifs is 1. The number of nitrogens with two attached hydrogens (primary N) is 1. The number of nitriles is 1. The highest BCUT2D eigenvalue weighted by Crippen LogP contribution is 2.43. The summed E-state index contributed by atoms with van der Waals surface area (Å²) in [6.45, 7) is 0.325. The number of hydrogen-bond donors (Lipinski definition) is 1. The van der Waals surface area contributed by atoms with E-state index in [4.69, 9.17) is 43.1 Å². The molecule has 0 saturated carbocycles. The van der Waals surface area contributed by atoms with Gasteiger partial charge in [0.2, 0.25) is 5.88 Å². The van der Waals surface area contributed by atoms with Gasteiger partial charge in [-0.25, -0.2) is 4.79 Å². The topological polar surface area (TPSA) is 94.6 Å². The van der Waals surface area contributed by atoms with Crippen LogP contribution in [0.3, 0.4) is 0 Å². The highest BCUT2D eigenvalue weighted by molar-refractivity contribution is 6.33. The molecule has 0 amide bonds. The van der Waals surface area contributed by atoms with Crippen LogP contribution in [0.4, 0.5) is 0 Å². The molecular formula is C30H20Cl2N2O4. The van der Waals surface area contributed by atoms with Gasteiger partial charge in [-0.3, -0.25) is 0 Å². The van der Waals surface area contributed by atoms with Crippen LogP contribution in [0.2, 0.25) is 10.0 Å². The van der Waals surface area contributed by atoms with Crippen LogP contribution in [0.5, 0.6) is 17.2 Å². The predicted molar refractivity (Wildman–Crippen MR) is 144 cm³/mol. The van der Waals surface area contributed by atoms with E-state index in [0.29, 0.717) is 28.7 Å². The average molecular weight is 543 g/mol. The maximum absolute atomic E-state index is 12.6. The van der Waals surface area contributed by atoms with E-state index in [1.807, 2.05) is 48.5 Å². The normalized spacial score (nSPS) is 14.2. The predicted octanol–water partition coefficient (Wildman–Crippen LogP) is 7.01. The minimum atomic E-state index is -0.600. The minimum absolute atomic E-state index is 0.0152. The summed E-state index contributed by atoms with van der Waals surface area (Å²) in [6.07, 6.45) is 0. The van der Waals surface area contributed by atoms with Crippen molar-refractivity contribution in [3.05, 3.63) is 135 Å². The Morgan fingerprint density at radius 2 is 1.61 bits per heavy atom. The van der Waals surface area contributed by atoms with Crippen LogP contribution in [0.15, 0.2) is 102 Å². The number of hydrogen-bond acceptors (Lipinski definition) is 6. The summed E-state index contributed by atoms with van der Waals surface area (Å²) in [7, 11) is 0. The van der Waals surface area contributed by atoms with Crippen LogP contribution in [0.1, 0.15) is 33.0 Å². The van der Waals surface area contributed by atoms with Crippen LogP contribution in [0.25, 0.3) is 0 Å². The number of halogens is 2. The summed E-state index contributed by atoms with van der Waals surface area (Å²) in [4.78, 5) is 12.6. The zero-order valence-corrected chi connectivity index (χ0v) is 21.4. The van der Waals surface area contributed by atoms with Crippen molar-refractivity contribution in [3.8, 4) is 23.3 Å². The number of rotatable bonds is 6. The lowest BCUT2D eigenvalue weighted by Gasteiger charge is -2.27. The van der Waals surface area contributed by atoms with Gasteiger partial charge in [0.05, 0.1) is 16.5 Å². The highest BCUT2D eigenvalue weighted by Gasteiger charge is 2.31. The lowest BCUT2D eigenvalue weighted by molar-refractivity contribution is 0.0734. The third kappa shape index (κ3) is 5.16. The Morgan fingerprint density at radius 3 is 2.32 bits per heavy atom. The average Bonchev–Trinajstić information content (AvgIpc) is 2.92. The van der Waals surface area contributed by atoms with E-state index in [9.17, 15) is 10.1 Å². The van der Waals surface area contributed by atoms with Crippen molar-refractivity contribution in [3.63, 3.8) is 0 Å². The molecule has 1 aliphatic rings. The van der Waals surface area contributed by atoms with Crippen LogP contribution in [0, 0.1) is 11.3 Å². The summed E-state index contributed by atoms with van der Waals surface area (Å²) < 4.78 is 17.1. The van der Waals surface area contributed by atoms with Gasteiger partial charge in [-0.15, -0.1) is 0 Å². The molecule has 0 aliphatic carbocycles. The Hall–Kier alpha value is -4.44. The summed E-state index contributed by atoms with van der Waals surface area (Å²) in [5.41, 5.74) is 9.05. The molecule has 1 aliphatic heterocycles. The minimum Gasteiger partial charge on any atom is -0.489 e. The maximum atomic E-state index is 12.6.